The molecule has 0 aliphatic heterocycles. The molecule has 5 heteroatoms. The van der Waals surface area contributed by atoms with Crippen LogP contribution in [-0.4, -0.2) is 22.4 Å². The van der Waals surface area contributed by atoms with Crippen molar-refractivity contribution in [3.05, 3.63) is 47.8 Å². The molecule has 0 atom stereocenters. The number of hydrogen-bond donors (Lipinski definition) is 2. The van der Waals surface area contributed by atoms with Gasteiger partial charge in [-0.3, -0.25) is 4.79 Å². The van der Waals surface area contributed by atoms with Gasteiger partial charge in [0.25, 0.3) is 5.91 Å². The molecule has 0 saturated carbocycles. The predicted molar refractivity (Wildman–Crippen MR) is 97.7 cm³/mol. The molecule has 1 amide bonds. The Bertz CT molecular complexity index is 635. The SMILES string of the molecule is CCCCCNC(=O)c1cnc(Nc2ccc(C(C)C)cc2)nc1. The number of nitrogens with one attached hydrogen (secondary N) is 2. The number of unbranched alkanes of at least 4 members (excludes halogenated alkanes) is 2. The Hall–Kier alpha value is -2.43. The van der Waals surface area contributed by atoms with E-state index < -0.39 is 0 Å². The summed E-state index contributed by atoms with van der Waals surface area (Å²) in [5, 5.41) is 6.02. The van der Waals surface area contributed by atoms with Crippen LogP contribution in [0.1, 0.15) is 61.9 Å². The smallest absolute Gasteiger partial charge is 0.254 e. The summed E-state index contributed by atoms with van der Waals surface area (Å²) in [5.74, 6) is 0.860. The number of rotatable bonds is 8. The number of anilines is 2. The molecular weight excluding hydrogens is 300 g/mol. The van der Waals surface area contributed by atoms with Crippen LogP contribution < -0.4 is 10.6 Å². The van der Waals surface area contributed by atoms with Gasteiger partial charge < -0.3 is 10.6 Å². The lowest BCUT2D eigenvalue weighted by atomic mass is 10.0. The maximum atomic E-state index is 12.0. The summed E-state index contributed by atoms with van der Waals surface area (Å²) in [6, 6.07) is 8.19. The summed E-state index contributed by atoms with van der Waals surface area (Å²) in [5.41, 5.74) is 2.69. The zero-order valence-electron chi connectivity index (χ0n) is 14.7. The monoisotopic (exact) mass is 326 g/mol. The number of benzene rings is 1. The number of aromatic nitrogens is 2. The summed E-state index contributed by atoms with van der Waals surface area (Å²) in [4.78, 5) is 20.4. The van der Waals surface area contributed by atoms with Gasteiger partial charge in [-0.2, -0.15) is 0 Å². The molecule has 1 aromatic carbocycles. The fraction of sp³-hybridized carbons (Fsp3) is 0.421. The standard InChI is InChI=1S/C19H26N4O/c1-4-5-6-11-20-18(24)16-12-21-19(22-13-16)23-17-9-7-15(8-10-17)14(2)3/h7-10,12-14H,4-6,11H2,1-3H3,(H,20,24)(H,21,22,23). The van der Waals surface area contributed by atoms with Crippen LogP contribution in [0.3, 0.4) is 0 Å². The summed E-state index contributed by atoms with van der Waals surface area (Å²) in [6.07, 6.45) is 6.35. The molecule has 2 N–H and O–H groups in total. The van der Waals surface area contributed by atoms with E-state index in [0.717, 1.165) is 24.9 Å². The van der Waals surface area contributed by atoms with Crippen LogP contribution in [0.25, 0.3) is 0 Å². The third-order valence-electron chi connectivity index (χ3n) is 3.81. The minimum atomic E-state index is -0.126. The maximum Gasteiger partial charge on any atom is 0.254 e. The fourth-order valence-corrected chi connectivity index (χ4v) is 2.27. The zero-order valence-corrected chi connectivity index (χ0v) is 14.7. The third kappa shape index (κ3) is 5.33. The average molecular weight is 326 g/mol. The molecule has 0 saturated heterocycles. The van der Waals surface area contributed by atoms with Gasteiger partial charge in [0.1, 0.15) is 0 Å². The average Bonchev–Trinajstić information content (AvgIpc) is 2.59. The minimum Gasteiger partial charge on any atom is -0.352 e. The lowest BCUT2D eigenvalue weighted by Crippen LogP contribution is -2.24. The summed E-state index contributed by atoms with van der Waals surface area (Å²) in [6.45, 7) is 7.15. The largest absolute Gasteiger partial charge is 0.352 e. The molecule has 0 aliphatic rings. The van der Waals surface area contributed by atoms with E-state index in [2.05, 4.69) is 53.5 Å². The lowest BCUT2D eigenvalue weighted by molar-refractivity contribution is 0.0952. The highest BCUT2D eigenvalue weighted by molar-refractivity contribution is 5.93. The third-order valence-corrected chi connectivity index (χ3v) is 3.81. The molecule has 1 aromatic heterocycles. The first-order chi connectivity index (χ1) is 11.6. The van der Waals surface area contributed by atoms with E-state index in [0.29, 0.717) is 24.0 Å². The molecular formula is C19H26N4O. The predicted octanol–water partition coefficient (Wildman–Crippen LogP) is 4.26. The van der Waals surface area contributed by atoms with Gasteiger partial charge in [-0.15, -0.1) is 0 Å². The molecule has 1 heterocycles. The van der Waals surface area contributed by atoms with E-state index in [1.165, 1.54) is 5.56 Å². The van der Waals surface area contributed by atoms with Gasteiger partial charge in [-0.1, -0.05) is 45.7 Å². The summed E-state index contributed by atoms with van der Waals surface area (Å²) in [7, 11) is 0. The fourth-order valence-electron chi connectivity index (χ4n) is 2.27. The van der Waals surface area contributed by atoms with Gasteiger partial charge in [0.05, 0.1) is 5.56 Å². The van der Waals surface area contributed by atoms with E-state index >= 15 is 0 Å². The Morgan fingerprint density at radius 3 is 2.33 bits per heavy atom. The molecule has 0 bridgehead atoms. The maximum absolute atomic E-state index is 12.0. The lowest BCUT2D eigenvalue weighted by Gasteiger charge is -2.09. The number of amides is 1. The second kappa shape index (κ2) is 9.01. The number of carbonyl (C=O) groups excluding carboxylic acids is 1. The van der Waals surface area contributed by atoms with Crippen LogP contribution in [0.4, 0.5) is 11.6 Å². The molecule has 2 rings (SSSR count). The molecule has 2 aromatic rings. The van der Waals surface area contributed by atoms with E-state index in [4.69, 9.17) is 0 Å². The first-order valence-electron chi connectivity index (χ1n) is 8.57. The number of carbonyl (C=O) groups is 1. The number of hydrogen-bond acceptors (Lipinski definition) is 4. The van der Waals surface area contributed by atoms with Crippen molar-refractivity contribution in [1.29, 1.82) is 0 Å². The molecule has 0 unspecified atom stereocenters. The molecule has 128 valence electrons. The molecule has 0 fully saturated rings. The van der Waals surface area contributed by atoms with Crippen molar-refractivity contribution in [3.8, 4) is 0 Å². The van der Waals surface area contributed by atoms with Gasteiger partial charge in [-0.05, 0) is 30.0 Å². The normalized spacial score (nSPS) is 10.7. The molecule has 24 heavy (non-hydrogen) atoms. The van der Waals surface area contributed by atoms with Gasteiger partial charge in [0.15, 0.2) is 0 Å². The first kappa shape index (κ1) is 17.9. The summed E-state index contributed by atoms with van der Waals surface area (Å²) >= 11 is 0. The summed E-state index contributed by atoms with van der Waals surface area (Å²) < 4.78 is 0. The Kier molecular flexibility index (Phi) is 6.73. The quantitative estimate of drug-likeness (QED) is 0.711. The number of nitrogens with zero attached hydrogens (tertiary/aromatic N) is 2. The highest BCUT2D eigenvalue weighted by atomic mass is 16.1. The van der Waals surface area contributed by atoms with Gasteiger partial charge >= 0.3 is 0 Å². The van der Waals surface area contributed by atoms with E-state index in [1.54, 1.807) is 12.4 Å². The minimum absolute atomic E-state index is 0.126. The van der Waals surface area contributed by atoms with Crippen LogP contribution in [-0.2, 0) is 0 Å². The van der Waals surface area contributed by atoms with Gasteiger partial charge in [-0.25, -0.2) is 9.97 Å². The van der Waals surface area contributed by atoms with Gasteiger partial charge in [0.2, 0.25) is 5.95 Å². The Morgan fingerprint density at radius 1 is 1.08 bits per heavy atom. The molecule has 0 radical (unpaired) electrons. The Labute approximate surface area is 143 Å². The van der Waals surface area contributed by atoms with Crippen molar-refractivity contribution in [1.82, 2.24) is 15.3 Å². The highest BCUT2D eigenvalue weighted by Gasteiger charge is 2.07. The van der Waals surface area contributed by atoms with Crippen LogP contribution in [0.5, 0.6) is 0 Å². The van der Waals surface area contributed by atoms with Crippen LogP contribution in [0.2, 0.25) is 0 Å². The zero-order chi connectivity index (χ0) is 17.4. The van der Waals surface area contributed by atoms with E-state index in [-0.39, 0.29) is 5.91 Å². The topological polar surface area (TPSA) is 66.9 Å². The van der Waals surface area contributed by atoms with Crippen molar-refractivity contribution in [3.63, 3.8) is 0 Å². The Morgan fingerprint density at radius 2 is 1.75 bits per heavy atom. The molecule has 0 spiro atoms. The highest BCUT2D eigenvalue weighted by Crippen LogP contribution is 2.18. The van der Waals surface area contributed by atoms with Crippen molar-refractivity contribution >= 4 is 17.5 Å². The van der Waals surface area contributed by atoms with Crippen molar-refractivity contribution in [2.75, 3.05) is 11.9 Å². The van der Waals surface area contributed by atoms with E-state index in [1.807, 2.05) is 12.1 Å². The van der Waals surface area contributed by atoms with Crippen LogP contribution in [0.15, 0.2) is 36.7 Å². The van der Waals surface area contributed by atoms with E-state index in [9.17, 15) is 4.79 Å². The van der Waals surface area contributed by atoms with Crippen LogP contribution in [0, 0.1) is 0 Å². The van der Waals surface area contributed by atoms with Crippen molar-refractivity contribution < 1.29 is 4.79 Å². The molecule has 5 nitrogen and oxygen atoms in total. The van der Waals surface area contributed by atoms with Crippen LogP contribution >= 0.6 is 0 Å². The van der Waals surface area contributed by atoms with Gasteiger partial charge in [0, 0.05) is 24.6 Å². The Balaban J connectivity index is 1.90. The second-order valence-electron chi connectivity index (χ2n) is 6.16. The van der Waals surface area contributed by atoms with Crippen molar-refractivity contribution in [2.24, 2.45) is 0 Å². The molecule has 0 aliphatic carbocycles. The van der Waals surface area contributed by atoms with Crippen molar-refractivity contribution in [2.45, 2.75) is 46.0 Å². The second-order valence-corrected chi connectivity index (χ2v) is 6.16. The first-order valence-corrected chi connectivity index (χ1v) is 8.57.